The summed E-state index contributed by atoms with van der Waals surface area (Å²) in [6.07, 6.45) is 2.14. The summed E-state index contributed by atoms with van der Waals surface area (Å²) < 4.78 is 2.05. The molecule has 0 amide bonds. The van der Waals surface area contributed by atoms with Gasteiger partial charge in [-0.2, -0.15) is 0 Å². The van der Waals surface area contributed by atoms with Crippen LogP contribution < -0.4 is 0 Å². The van der Waals surface area contributed by atoms with Crippen LogP contribution in [0.1, 0.15) is 17.5 Å². The highest BCUT2D eigenvalue weighted by molar-refractivity contribution is 9.07. The zero-order valence-corrected chi connectivity index (χ0v) is 9.98. The number of fused-ring (bicyclic) bond motifs is 1. The van der Waals surface area contributed by atoms with Gasteiger partial charge >= 0.3 is 0 Å². The molecule has 0 aromatic heterocycles. The molecular formula is C10H11BrClNO. The number of hydrogen-bond acceptors (Lipinski definition) is 2. The van der Waals surface area contributed by atoms with E-state index in [1.54, 1.807) is 6.07 Å². The largest absolute Gasteiger partial charge is 0.506 e. The minimum Gasteiger partial charge on any atom is -0.506 e. The number of rotatable bonds is 0. The number of phenols is 1. The minimum absolute atomic E-state index is 0.174. The van der Waals surface area contributed by atoms with Crippen LogP contribution in [-0.2, 0) is 13.0 Å². The molecule has 0 unspecified atom stereocenters. The van der Waals surface area contributed by atoms with Crippen molar-refractivity contribution in [2.75, 3.05) is 6.54 Å². The molecule has 0 spiro atoms. The Morgan fingerprint density at radius 2 is 2.21 bits per heavy atom. The predicted octanol–water partition coefficient (Wildman–Crippen LogP) is 3.10. The van der Waals surface area contributed by atoms with Crippen molar-refractivity contribution in [2.24, 2.45) is 0 Å². The van der Waals surface area contributed by atoms with Crippen molar-refractivity contribution >= 4 is 27.7 Å². The number of halogens is 2. The Hall–Kier alpha value is -0.250. The van der Waals surface area contributed by atoms with Gasteiger partial charge in [-0.05, 0) is 30.0 Å². The Labute approximate surface area is 96.8 Å². The van der Waals surface area contributed by atoms with Gasteiger partial charge in [0, 0.05) is 29.2 Å². The number of aromatic hydroxyl groups is 1. The summed E-state index contributed by atoms with van der Waals surface area (Å²) in [4.78, 5) is 0. The summed E-state index contributed by atoms with van der Waals surface area (Å²) in [5.74, 6) is 0.174. The lowest BCUT2D eigenvalue weighted by Crippen LogP contribution is -2.10. The second kappa shape index (κ2) is 4.09. The van der Waals surface area contributed by atoms with E-state index < -0.39 is 0 Å². The highest BCUT2D eigenvalue weighted by Gasteiger charge is 2.16. The van der Waals surface area contributed by atoms with Crippen molar-refractivity contribution < 1.29 is 5.11 Å². The first-order chi connectivity index (χ1) is 6.68. The van der Waals surface area contributed by atoms with Gasteiger partial charge in [0.25, 0.3) is 0 Å². The molecule has 0 atom stereocenters. The molecule has 0 saturated heterocycles. The summed E-state index contributed by atoms with van der Waals surface area (Å²) in [7, 11) is 0. The molecule has 0 radical (unpaired) electrons. The van der Waals surface area contributed by atoms with E-state index in [9.17, 15) is 5.11 Å². The Kier molecular flexibility index (Phi) is 3.00. The molecule has 1 aromatic rings. The predicted molar refractivity (Wildman–Crippen MR) is 60.8 cm³/mol. The SMILES string of the molecule is Oc1ccc2c(c1Cl)CN(Br)CCC2. The normalized spacial score (nSPS) is 17.6. The molecule has 1 aliphatic rings. The van der Waals surface area contributed by atoms with Gasteiger partial charge in [-0.25, -0.2) is 3.93 Å². The molecule has 2 rings (SSSR count). The maximum atomic E-state index is 9.49. The highest BCUT2D eigenvalue weighted by atomic mass is 79.9. The average Bonchev–Trinajstić information content (AvgIpc) is 2.34. The lowest BCUT2D eigenvalue weighted by molar-refractivity contribution is 0.469. The summed E-state index contributed by atoms with van der Waals surface area (Å²) >= 11 is 9.51. The Morgan fingerprint density at radius 3 is 3.00 bits per heavy atom. The van der Waals surface area contributed by atoms with Crippen molar-refractivity contribution in [3.8, 4) is 5.75 Å². The number of hydrogen-bond donors (Lipinski definition) is 1. The summed E-state index contributed by atoms with van der Waals surface area (Å²) in [6, 6.07) is 3.63. The van der Waals surface area contributed by atoms with Gasteiger partial charge < -0.3 is 5.11 Å². The van der Waals surface area contributed by atoms with Gasteiger partial charge in [-0.3, -0.25) is 0 Å². The fourth-order valence-corrected chi connectivity index (χ4v) is 2.49. The van der Waals surface area contributed by atoms with E-state index in [0.717, 1.165) is 31.5 Å². The van der Waals surface area contributed by atoms with Crippen molar-refractivity contribution in [2.45, 2.75) is 19.4 Å². The molecule has 4 heteroatoms. The standard InChI is InChI=1S/C10H11BrClNO/c11-13-5-1-2-7-3-4-9(14)10(12)8(7)6-13/h3-4,14H,1-2,5-6H2. The van der Waals surface area contributed by atoms with Crippen molar-refractivity contribution in [3.63, 3.8) is 0 Å². The maximum absolute atomic E-state index is 9.49. The Balaban J connectivity index is 2.46. The van der Waals surface area contributed by atoms with Crippen molar-refractivity contribution in [1.82, 2.24) is 3.93 Å². The molecule has 0 aliphatic carbocycles. The molecule has 1 heterocycles. The third-order valence-corrected chi connectivity index (χ3v) is 3.52. The fraction of sp³-hybridized carbons (Fsp3) is 0.400. The van der Waals surface area contributed by atoms with Crippen molar-refractivity contribution in [3.05, 3.63) is 28.3 Å². The topological polar surface area (TPSA) is 23.5 Å². The molecule has 2 nitrogen and oxygen atoms in total. The minimum atomic E-state index is 0.174. The van der Waals surface area contributed by atoms with Gasteiger partial charge in [0.05, 0.1) is 5.02 Å². The number of aryl methyl sites for hydroxylation is 1. The molecule has 14 heavy (non-hydrogen) atoms. The van der Waals surface area contributed by atoms with Gasteiger partial charge in [-0.1, -0.05) is 17.7 Å². The molecule has 1 aromatic carbocycles. The quantitative estimate of drug-likeness (QED) is 0.736. The number of benzene rings is 1. The van der Waals surface area contributed by atoms with E-state index in [1.807, 2.05) is 9.99 Å². The zero-order valence-electron chi connectivity index (χ0n) is 7.63. The Bertz CT molecular complexity index is 356. The molecule has 0 fully saturated rings. The second-order valence-electron chi connectivity index (χ2n) is 3.48. The van der Waals surface area contributed by atoms with Crippen LogP contribution in [0.5, 0.6) is 5.75 Å². The smallest absolute Gasteiger partial charge is 0.134 e. The van der Waals surface area contributed by atoms with Gasteiger partial charge in [-0.15, -0.1) is 0 Å². The van der Waals surface area contributed by atoms with Crippen LogP contribution in [0.2, 0.25) is 5.02 Å². The van der Waals surface area contributed by atoms with Crippen LogP contribution in [-0.4, -0.2) is 15.6 Å². The van der Waals surface area contributed by atoms with E-state index in [1.165, 1.54) is 5.56 Å². The van der Waals surface area contributed by atoms with E-state index in [0.29, 0.717) is 5.02 Å². The van der Waals surface area contributed by atoms with Crippen LogP contribution in [0, 0.1) is 0 Å². The van der Waals surface area contributed by atoms with Crippen LogP contribution >= 0.6 is 27.7 Å². The summed E-state index contributed by atoms with van der Waals surface area (Å²) in [5.41, 5.74) is 2.29. The lowest BCUT2D eigenvalue weighted by Gasteiger charge is -2.12. The molecule has 0 bridgehead atoms. The van der Waals surface area contributed by atoms with Gasteiger partial charge in [0.15, 0.2) is 0 Å². The van der Waals surface area contributed by atoms with E-state index in [2.05, 4.69) is 16.1 Å². The summed E-state index contributed by atoms with van der Waals surface area (Å²) in [5, 5.41) is 9.98. The highest BCUT2D eigenvalue weighted by Crippen LogP contribution is 2.33. The lowest BCUT2D eigenvalue weighted by atomic mass is 10.0. The first-order valence-electron chi connectivity index (χ1n) is 4.58. The molecular weight excluding hydrogens is 265 g/mol. The van der Waals surface area contributed by atoms with Gasteiger partial charge in [0.1, 0.15) is 5.75 Å². The molecule has 1 N–H and O–H groups in total. The monoisotopic (exact) mass is 275 g/mol. The fourth-order valence-electron chi connectivity index (χ4n) is 1.75. The van der Waals surface area contributed by atoms with E-state index in [-0.39, 0.29) is 5.75 Å². The van der Waals surface area contributed by atoms with Crippen molar-refractivity contribution in [1.29, 1.82) is 0 Å². The average molecular weight is 277 g/mol. The van der Waals surface area contributed by atoms with Crippen LogP contribution in [0.3, 0.4) is 0 Å². The third kappa shape index (κ3) is 1.90. The first-order valence-corrected chi connectivity index (χ1v) is 5.67. The zero-order chi connectivity index (χ0) is 10.1. The van der Waals surface area contributed by atoms with Crippen LogP contribution in [0.4, 0.5) is 0 Å². The molecule has 1 aliphatic heterocycles. The van der Waals surface area contributed by atoms with Crippen LogP contribution in [0.25, 0.3) is 0 Å². The maximum Gasteiger partial charge on any atom is 0.134 e. The van der Waals surface area contributed by atoms with Crippen LogP contribution in [0.15, 0.2) is 12.1 Å². The molecule has 0 saturated carbocycles. The van der Waals surface area contributed by atoms with E-state index in [4.69, 9.17) is 11.6 Å². The second-order valence-corrected chi connectivity index (χ2v) is 4.87. The summed E-state index contributed by atoms with van der Waals surface area (Å²) in [6.45, 7) is 1.76. The third-order valence-electron chi connectivity index (χ3n) is 2.50. The first kappa shape index (κ1) is 10.3. The Morgan fingerprint density at radius 1 is 1.43 bits per heavy atom. The number of phenolic OH excluding ortho intramolecular Hbond substituents is 1. The molecule has 76 valence electrons. The number of nitrogens with zero attached hydrogens (tertiary/aromatic N) is 1. The van der Waals surface area contributed by atoms with E-state index >= 15 is 0 Å². The van der Waals surface area contributed by atoms with Gasteiger partial charge in [0.2, 0.25) is 0 Å².